The number of anilines is 1. The predicted octanol–water partition coefficient (Wildman–Crippen LogP) is 2.92. The van der Waals surface area contributed by atoms with Crippen molar-refractivity contribution in [2.45, 2.75) is 6.42 Å². The van der Waals surface area contributed by atoms with Crippen LogP contribution in [0.5, 0.6) is 0 Å². The van der Waals surface area contributed by atoms with Crippen molar-refractivity contribution in [1.82, 2.24) is 4.98 Å². The summed E-state index contributed by atoms with van der Waals surface area (Å²) in [5, 5.41) is 0. The van der Waals surface area contributed by atoms with E-state index in [-0.39, 0.29) is 0 Å². The van der Waals surface area contributed by atoms with Gasteiger partial charge in [-0.2, -0.15) is 0 Å². The van der Waals surface area contributed by atoms with Crippen molar-refractivity contribution in [2.75, 3.05) is 5.73 Å². The Labute approximate surface area is 95.5 Å². The maximum absolute atomic E-state index is 5.51. The fourth-order valence-electron chi connectivity index (χ4n) is 1.46. The van der Waals surface area contributed by atoms with Gasteiger partial charge in [0.25, 0.3) is 0 Å². The molecule has 0 bridgehead atoms. The summed E-state index contributed by atoms with van der Waals surface area (Å²) in [7, 11) is 0. The molecule has 0 aliphatic carbocycles. The molecule has 0 radical (unpaired) electrons. The second-order valence-corrected chi connectivity index (χ2v) is 3.61. The van der Waals surface area contributed by atoms with E-state index in [1.54, 1.807) is 6.20 Å². The van der Waals surface area contributed by atoms with Crippen LogP contribution in [0.3, 0.4) is 0 Å². The predicted molar refractivity (Wildman–Crippen MR) is 67.8 cm³/mol. The Bertz CT molecular complexity index is 458. The first kappa shape index (κ1) is 10.4. The quantitative estimate of drug-likeness (QED) is 0.846. The molecule has 0 saturated carbocycles. The minimum Gasteiger partial charge on any atom is -0.384 e. The first-order valence-corrected chi connectivity index (χ1v) is 5.26. The summed E-state index contributed by atoms with van der Waals surface area (Å²) in [5.41, 5.74) is 7.89. The molecular weight excluding hydrogens is 196 g/mol. The van der Waals surface area contributed by atoms with Gasteiger partial charge in [-0.25, -0.2) is 4.98 Å². The third-order valence-corrected chi connectivity index (χ3v) is 2.32. The fourth-order valence-corrected chi connectivity index (χ4v) is 1.46. The molecule has 0 atom stereocenters. The zero-order chi connectivity index (χ0) is 11.2. The molecule has 2 aromatic rings. The van der Waals surface area contributed by atoms with Crippen molar-refractivity contribution in [3.63, 3.8) is 0 Å². The van der Waals surface area contributed by atoms with Gasteiger partial charge in [-0.05, 0) is 29.7 Å². The van der Waals surface area contributed by atoms with E-state index in [0.717, 1.165) is 12.0 Å². The molecule has 1 heterocycles. The van der Waals surface area contributed by atoms with Crippen molar-refractivity contribution in [2.24, 2.45) is 0 Å². The van der Waals surface area contributed by atoms with Crippen LogP contribution < -0.4 is 5.73 Å². The first-order chi connectivity index (χ1) is 7.84. The van der Waals surface area contributed by atoms with E-state index < -0.39 is 0 Å². The summed E-state index contributed by atoms with van der Waals surface area (Å²) in [6, 6.07) is 14.1. The second kappa shape index (κ2) is 5.12. The Balaban J connectivity index is 1.98. The number of allylic oxidation sites excluding steroid dienone is 1. The van der Waals surface area contributed by atoms with E-state index in [2.05, 4.69) is 29.3 Å². The molecule has 16 heavy (non-hydrogen) atoms. The van der Waals surface area contributed by atoms with Crippen LogP contribution in [-0.4, -0.2) is 4.98 Å². The van der Waals surface area contributed by atoms with Crippen LogP contribution in [-0.2, 0) is 6.42 Å². The average molecular weight is 210 g/mol. The normalized spacial score (nSPS) is 10.8. The highest BCUT2D eigenvalue weighted by Crippen LogP contribution is 2.05. The molecule has 0 amide bonds. The zero-order valence-corrected chi connectivity index (χ0v) is 9.01. The summed E-state index contributed by atoms with van der Waals surface area (Å²) >= 11 is 0. The van der Waals surface area contributed by atoms with Crippen LogP contribution >= 0.6 is 0 Å². The highest BCUT2D eigenvalue weighted by molar-refractivity contribution is 5.50. The Kier molecular flexibility index (Phi) is 3.34. The minimum atomic E-state index is 0.556. The van der Waals surface area contributed by atoms with Gasteiger partial charge in [-0.3, -0.25) is 0 Å². The molecule has 0 spiro atoms. The zero-order valence-electron chi connectivity index (χ0n) is 9.01. The average Bonchev–Trinajstić information content (AvgIpc) is 2.33. The lowest BCUT2D eigenvalue weighted by atomic mass is 10.1. The van der Waals surface area contributed by atoms with Gasteiger partial charge in [-0.1, -0.05) is 42.5 Å². The smallest absolute Gasteiger partial charge is 0.123 e. The van der Waals surface area contributed by atoms with Crippen LogP contribution in [0.2, 0.25) is 0 Å². The number of hydrogen-bond donors (Lipinski definition) is 1. The summed E-state index contributed by atoms with van der Waals surface area (Å²) < 4.78 is 0. The lowest BCUT2D eigenvalue weighted by Crippen LogP contribution is -1.88. The van der Waals surface area contributed by atoms with E-state index in [4.69, 9.17) is 5.73 Å². The topological polar surface area (TPSA) is 38.9 Å². The van der Waals surface area contributed by atoms with Gasteiger partial charge < -0.3 is 5.73 Å². The Morgan fingerprint density at radius 2 is 1.88 bits per heavy atom. The van der Waals surface area contributed by atoms with Crippen LogP contribution in [0.4, 0.5) is 5.82 Å². The highest BCUT2D eigenvalue weighted by atomic mass is 14.8. The number of rotatable bonds is 3. The molecule has 2 nitrogen and oxygen atoms in total. The SMILES string of the molecule is Nc1ccc(C=CCc2ccccc2)cn1. The van der Waals surface area contributed by atoms with Crippen molar-refractivity contribution in [3.8, 4) is 0 Å². The molecule has 2 rings (SSSR count). The third-order valence-electron chi connectivity index (χ3n) is 2.32. The van der Waals surface area contributed by atoms with E-state index in [1.807, 2.05) is 30.3 Å². The Hall–Kier alpha value is -2.09. The molecule has 1 aromatic carbocycles. The maximum atomic E-state index is 5.51. The van der Waals surface area contributed by atoms with Gasteiger partial charge in [0.2, 0.25) is 0 Å². The molecule has 80 valence electrons. The van der Waals surface area contributed by atoms with Gasteiger partial charge in [0, 0.05) is 6.20 Å². The molecule has 0 unspecified atom stereocenters. The molecule has 0 saturated heterocycles. The van der Waals surface area contributed by atoms with Gasteiger partial charge in [0.1, 0.15) is 5.82 Å². The molecule has 0 fully saturated rings. The van der Waals surface area contributed by atoms with Crippen molar-refractivity contribution < 1.29 is 0 Å². The lowest BCUT2D eigenvalue weighted by Gasteiger charge is -1.95. The molecule has 2 heteroatoms. The molecule has 0 aliphatic heterocycles. The fraction of sp³-hybridized carbons (Fsp3) is 0.0714. The summed E-state index contributed by atoms with van der Waals surface area (Å²) in [6.45, 7) is 0. The lowest BCUT2D eigenvalue weighted by molar-refractivity contribution is 1.27. The number of nitrogen functional groups attached to an aromatic ring is 1. The van der Waals surface area contributed by atoms with E-state index >= 15 is 0 Å². The van der Waals surface area contributed by atoms with Gasteiger partial charge in [0.15, 0.2) is 0 Å². The van der Waals surface area contributed by atoms with E-state index in [0.29, 0.717) is 5.82 Å². The van der Waals surface area contributed by atoms with Crippen LogP contribution in [0.15, 0.2) is 54.7 Å². The maximum Gasteiger partial charge on any atom is 0.123 e. The van der Waals surface area contributed by atoms with Crippen LogP contribution in [0.1, 0.15) is 11.1 Å². The van der Waals surface area contributed by atoms with Crippen LogP contribution in [0.25, 0.3) is 6.08 Å². The number of hydrogen-bond acceptors (Lipinski definition) is 2. The number of aromatic nitrogens is 1. The molecule has 0 aliphatic rings. The summed E-state index contributed by atoms with van der Waals surface area (Å²) in [5.74, 6) is 0.556. The third kappa shape index (κ3) is 2.95. The van der Waals surface area contributed by atoms with Crippen molar-refractivity contribution in [3.05, 3.63) is 65.9 Å². The largest absolute Gasteiger partial charge is 0.384 e. The van der Waals surface area contributed by atoms with Gasteiger partial charge in [-0.15, -0.1) is 0 Å². The van der Waals surface area contributed by atoms with Crippen molar-refractivity contribution in [1.29, 1.82) is 0 Å². The van der Waals surface area contributed by atoms with E-state index in [1.165, 1.54) is 5.56 Å². The standard InChI is InChI=1S/C14H14N2/c15-14-10-9-13(11-16-14)8-4-7-12-5-2-1-3-6-12/h1-6,8-11H,7H2,(H2,15,16). The van der Waals surface area contributed by atoms with Gasteiger partial charge >= 0.3 is 0 Å². The second-order valence-electron chi connectivity index (χ2n) is 3.61. The molecule has 2 N–H and O–H groups in total. The highest BCUT2D eigenvalue weighted by Gasteiger charge is 1.89. The number of nitrogens with two attached hydrogens (primary N) is 1. The Morgan fingerprint density at radius 1 is 1.06 bits per heavy atom. The summed E-state index contributed by atoms with van der Waals surface area (Å²) in [4.78, 5) is 4.03. The first-order valence-electron chi connectivity index (χ1n) is 5.26. The van der Waals surface area contributed by atoms with E-state index in [9.17, 15) is 0 Å². The van der Waals surface area contributed by atoms with Crippen LogP contribution in [0, 0.1) is 0 Å². The minimum absolute atomic E-state index is 0.556. The summed E-state index contributed by atoms with van der Waals surface area (Å²) in [6.07, 6.45) is 6.89. The van der Waals surface area contributed by atoms with Crippen molar-refractivity contribution >= 4 is 11.9 Å². The monoisotopic (exact) mass is 210 g/mol. The number of nitrogens with zero attached hydrogens (tertiary/aromatic N) is 1. The molecule has 1 aromatic heterocycles. The Morgan fingerprint density at radius 3 is 2.56 bits per heavy atom. The molecular formula is C14H14N2. The van der Waals surface area contributed by atoms with Gasteiger partial charge in [0.05, 0.1) is 0 Å². The number of benzene rings is 1. The number of pyridine rings is 1.